The number of anilines is 3. The molecule has 0 bridgehead atoms. The van der Waals surface area contributed by atoms with E-state index in [1.54, 1.807) is 6.07 Å². The first-order valence-electron chi connectivity index (χ1n) is 4.62. The summed E-state index contributed by atoms with van der Waals surface area (Å²) in [7, 11) is 0. The molecule has 0 radical (unpaired) electrons. The van der Waals surface area contributed by atoms with E-state index in [1.807, 2.05) is 30.3 Å². The highest BCUT2D eigenvalue weighted by molar-refractivity contribution is 5.63. The SMILES string of the molecule is Nc1cc(F)cc(Nc2ccccc2)c1. The summed E-state index contributed by atoms with van der Waals surface area (Å²) in [6.07, 6.45) is 0. The second kappa shape index (κ2) is 4.00. The fourth-order valence-corrected chi connectivity index (χ4v) is 1.37. The van der Waals surface area contributed by atoms with E-state index in [-0.39, 0.29) is 5.82 Å². The minimum Gasteiger partial charge on any atom is -0.399 e. The van der Waals surface area contributed by atoms with Crippen LogP contribution >= 0.6 is 0 Å². The molecule has 0 aliphatic carbocycles. The Balaban J connectivity index is 2.25. The van der Waals surface area contributed by atoms with Crippen LogP contribution in [0, 0.1) is 5.82 Å². The molecule has 2 aromatic rings. The predicted octanol–water partition coefficient (Wildman–Crippen LogP) is 3.15. The van der Waals surface area contributed by atoms with Crippen molar-refractivity contribution in [2.75, 3.05) is 11.1 Å². The van der Waals surface area contributed by atoms with Crippen LogP contribution in [-0.2, 0) is 0 Å². The third-order valence-corrected chi connectivity index (χ3v) is 1.98. The molecular weight excluding hydrogens is 191 g/mol. The number of para-hydroxylation sites is 1. The number of nitrogens with two attached hydrogens (primary N) is 1. The van der Waals surface area contributed by atoms with E-state index in [9.17, 15) is 4.39 Å². The standard InChI is InChI=1S/C12H11FN2/c13-9-6-10(14)8-12(7-9)15-11-4-2-1-3-5-11/h1-8,15H,14H2. The van der Waals surface area contributed by atoms with Crippen molar-refractivity contribution in [2.45, 2.75) is 0 Å². The number of hydrogen-bond acceptors (Lipinski definition) is 2. The quantitative estimate of drug-likeness (QED) is 0.734. The number of nitrogens with one attached hydrogen (secondary N) is 1. The van der Waals surface area contributed by atoms with Crippen LogP contribution in [0.2, 0.25) is 0 Å². The lowest BCUT2D eigenvalue weighted by Gasteiger charge is -2.06. The Morgan fingerprint density at radius 1 is 0.933 bits per heavy atom. The minimum atomic E-state index is -0.339. The molecule has 0 saturated carbocycles. The molecule has 0 fully saturated rings. The normalized spacial score (nSPS) is 9.93. The largest absolute Gasteiger partial charge is 0.399 e. The van der Waals surface area contributed by atoms with E-state index in [1.165, 1.54) is 12.1 Å². The fraction of sp³-hybridized carbons (Fsp3) is 0. The van der Waals surface area contributed by atoms with Gasteiger partial charge in [0.1, 0.15) is 5.82 Å². The van der Waals surface area contributed by atoms with Gasteiger partial charge >= 0.3 is 0 Å². The Morgan fingerprint density at radius 3 is 2.33 bits per heavy atom. The summed E-state index contributed by atoms with van der Waals surface area (Å²) in [4.78, 5) is 0. The van der Waals surface area contributed by atoms with E-state index < -0.39 is 0 Å². The summed E-state index contributed by atoms with van der Waals surface area (Å²) in [5.74, 6) is -0.339. The van der Waals surface area contributed by atoms with Crippen LogP contribution in [0.4, 0.5) is 21.5 Å². The van der Waals surface area contributed by atoms with Gasteiger partial charge in [-0.3, -0.25) is 0 Å². The van der Waals surface area contributed by atoms with Gasteiger partial charge in [0.2, 0.25) is 0 Å². The maximum absolute atomic E-state index is 13.0. The number of halogens is 1. The van der Waals surface area contributed by atoms with Crippen molar-refractivity contribution in [3.63, 3.8) is 0 Å². The Morgan fingerprint density at radius 2 is 1.67 bits per heavy atom. The van der Waals surface area contributed by atoms with Gasteiger partial charge in [-0.15, -0.1) is 0 Å². The molecule has 3 heteroatoms. The second-order valence-electron chi connectivity index (χ2n) is 3.26. The fourth-order valence-electron chi connectivity index (χ4n) is 1.37. The van der Waals surface area contributed by atoms with Gasteiger partial charge in [-0.05, 0) is 30.3 Å². The van der Waals surface area contributed by atoms with Crippen LogP contribution in [0.5, 0.6) is 0 Å². The number of nitrogen functional groups attached to an aromatic ring is 1. The number of benzene rings is 2. The molecule has 2 rings (SSSR count). The van der Waals surface area contributed by atoms with Gasteiger partial charge in [0.25, 0.3) is 0 Å². The molecular formula is C12H11FN2. The van der Waals surface area contributed by atoms with E-state index in [0.29, 0.717) is 11.4 Å². The predicted molar refractivity (Wildman–Crippen MR) is 60.5 cm³/mol. The van der Waals surface area contributed by atoms with E-state index in [4.69, 9.17) is 5.73 Å². The Kier molecular flexibility index (Phi) is 2.54. The van der Waals surface area contributed by atoms with E-state index in [2.05, 4.69) is 5.32 Å². The molecule has 3 N–H and O–H groups in total. The van der Waals surface area contributed by atoms with Crippen LogP contribution in [0.25, 0.3) is 0 Å². The highest BCUT2D eigenvalue weighted by Gasteiger charge is 1.98. The Bertz CT molecular complexity index is 434. The third-order valence-electron chi connectivity index (χ3n) is 1.98. The lowest BCUT2D eigenvalue weighted by Crippen LogP contribution is -1.93. The maximum atomic E-state index is 13.0. The zero-order valence-electron chi connectivity index (χ0n) is 8.07. The molecule has 0 atom stereocenters. The van der Waals surface area contributed by atoms with Crippen molar-refractivity contribution < 1.29 is 4.39 Å². The lowest BCUT2D eigenvalue weighted by atomic mass is 10.2. The molecule has 0 aliphatic rings. The average Bonchev–Trinajstić information content (AvgIpc) is 2.17. The molecule has 15 heavy (non-hydrogen) atoms. The highest BCUT2D eigenvalue weighted by Crippen LogP contribution is 2.19. The summed E-state index contributed by atoms with van der Waals surface area (Å²) >= 11 is 0. The zero-order valence-corrected chi connectivity index (χ0v) is 8.07. The summed E-state index contributed by atoms with van der Waals surface area (Å²) < 4.78 is 13.0. The van der Waals surface area contributed by atoms with Crippen LogP contribution in [0.1, 0.15) is 0 Å². The summed E-state index contributed by atoms with van der Waals surface area (Å²) in [6.45, 7) is 0. The van der Waals surface area contributed by atoms with Gasteiger partial charge in [-0.2, -0.15) is 0 Å². The second-order valence-corrected chi connectivity index (χ2v) is 3.26. The van der Waals surface area contributed by atoms with Crippen LogP contribution in [0.3, 0.4) is 0 Å². The van der Waals surface area contributed by atoms with Gasteiger partial charge < -0.3 is 11.1 Å². The molecule has 0 amide bonds. The van der Waals surface area contributed by atoms with Crippen LogP contribution in [0.15, 0.2) is 48.5 Å². The molecule has 0 spiro atoms. The molecule has 2 aromatic carbocycles. The van der Waals surface area contributed by atoms with E-state index >= 15 is 0 Å². The van der Waals surface area contributed by atoms with Crippen molar-refractivity contribution in [2.24, 2.45) is 0 Å². The van der Waals surface area contributed by atoms with Crippen molar-refractivity contribution in [3.8, 4) is 0 Å². The summed E-state index contributed by atoms with van der Waals surface area (Å²) in [6, 6.07) is 13.9. The van der Waals surface area contributed by atoms with Crippen molar-refractivity contribution in [1.29, 1.82) is 0 Å². The Labute approximate surface area is 87.5 Å². The topological polar surface area (TPSA) is 38.0 Å². The van der Waals surface area contributed by atoms with Crippen LogP contribution in [-0.4, -0.2) is 0 Å². The molecule has 76 valence electrons. The van der Waals surface area contributed by atoms with Gasteiger partial charge in [0.05, 0.1) is 0 Å². The van der Waals surface area contributed by atoms with E-state index in [0.717, 1.165) is 5.69 Å². The monoisotopic (exact) mass is 202 g/mol. The van der Waals surface area contributed by atoms with Crippen molar-refractivity contribution in [1.82, 2.24) is 0 Å². The average molecular weight is 202 g/mol. The first-order valence-corrected chi connectivity index (χ1v) is 4.62. The number of rotatable bonds is 2. The summed E-state index contributed by atoms with van der Waals surface area (Å²) in [5.41, 5.74) is 7.50. The minimum absolute atomic E-state index is 0.339. The number of hydrogen-bond donors (Lipinski definition) is 2. The maximum Gasteiger partial charge on any atom is 0.127 e. The smallest absolute Gasteiger partial charge is 0.127 e. The van der Waals surface area contributed by atoms with Crippen molar-refractivity contribution >= 4 is 17.1 Å². The van der Waals surface area contributed by atoms with Gasteiger partial charge in [-0.25, -0.2) is 4.39 Å². The highest BCUT2D eigenvalue weighted by atomic mass is 19.1. The third kappa shape index (κ3) is 2.47. The molecule has 0 heterocycles. The molecule has 0 unspecified atom stereocenters. The van der Waals surface area contributed by atoms with Gasteiger partial charge in [0.15, 0.2) is 0 Å². The summed E-state index contributed by atoms with van der Waals surface area (Å²) in [5, 5.41) is 3.07. The van der Waals surface area contributed by atoms with Gasteiger partial charge in [0, 0.05) is 17.1 Å². The lowest BCUT2D eigenvalue weighted by molar-refractivity contribution is 0.629. The Hall–Kier alpha value is -2.03. The molecule has 2 nitrogen and oxygen atoms in total. The van der Waals surface area contributed by atoms with Crippen molar-refractivity contribution in [3.05, 3.63) is 54.3 Å². The first-order chi connectivity index (χ1) is 7.24. The zero-order chi connectivity index (χ0) is 10.7. The first kappa shape index (κ1) is 9.52. The molecule has 0 saturated heterocycles. The molecule has 0 aliphatic heterocycles. The van der Waals surface area contributed by atoms with Gasteiger partial charge in [-0.1, -0.05) is 18.2 Å². The van der Waals surface area contributed by atoms with Crippen LogP contribution < -0.4 is 11.1 Å². The molecule has 0 aromatic heterocycles.